The molecule has 4 heterocycles. The molecule has 0 spiro atoms. The van der Waals surface area contributed by atoms with Crippen LogP contribution < -0.4 is 0 Å². The van der Waals surface area contributed by atoms with Gasteiger partial charge in [0.1, 0.15) is 55.9 Å². The fourth-order valence-corrected chi connectivity index (χ4v) is 14.0. The van der Waals surface area contributed by atoms with Gasteiger partial charge in [-0.05, 0) is 109 Å². The van der Waals surface area contributed by atoms with E-state index in [1.54, 1.807) is 78.9 Å². The number of esters is 11. The topological polar surface area (TPSA) is 404 Å². The Labute approximate surface area is 708 Å². The van der Waals surface area contributed by atoms with Crippen LogP contribution in [-0.4, -0.2) is 232 Å². The van der Waals surface area contributed by atoms with E-state index in [-0.39, 0.29) is 50.1 Å². The first kappa shape index (κ1) is 88.5. The predicted molar refractivity (Wildman–Crippen MR) is 425 cm³/mol. The second kappa shape index (κ2) is 42.5. The number of methoxy groups -OCH3 is 1. The first-order chi connectivity index (χ1) is 60.2. The van der Waals surface area contributed by atoms with E-state index >= 15 is 9.59 Å². The first-order valence-corrected chi connectivity index (χ1v) is 39.2. The molecule has 32 nitrogen and oxygen atoms in total. The van der Waals surface area contributed by atoms with Gasteiger partial charge in [-0.3, -0.25) is 9.59 Å². The molecule has 4 aliphatic rings. The summed E-state index contributed by atoms with van der Waals surface area (Å²) in [6.45, 7) is -2.07. The molecule has 0 unspecified atom stereocenters. The lowest BCUT2D eigenvalue weighted by atomic mass is 9.94. The summed E-state index contributed by atoms with van der Waals surface area (Å²) in [6, 6.07) is 67.0. The molecule has 0 aliphatic carbocycles. The lowest BCUT2D eigenvalue weighted by Gasteiger charge is -2.50. The summed E-state index contributed by atoms with van der Waals surface area (Å²) in [4.78, 5) is 161. The van der Waals surface area contributed by atoms with Crippen molar-refractivity contribution in [3.63, 3.8) is 0 Å². The maximum atomic E-state index is 15.1. The number of benzene rings is 9. The van der Waals surface area contributed by atoms with E-state index in [9.17, 15) is 53.4 Å². The molecular formula is C92H84O32. The molecule has 20 atom stereocenters. The second-order valence-electron chi connectivity index (χ2n) is 28.3. The van der Waals surface area contributed by atoms with Gasteiger partial charge in [-0.15, -0.1) is 0 Å². The fourth-order valence-electron chi connectivity index (χ4n) is 14.0. The van der Waals surface area contributed by atoms with Crippen molar-refractivity contribution in [2.24, 2.45) is 0 Å². The van der Waals surface area contributed by atoms with Gasteiger partial charge < -0.3 is 100 Å². The highest BCUT2D eigenvalue weighted by atomic mass is 16.8. The molecular weight excluding hydrogens is 1620 g/mol. The SMILES string of the molecule is CO[C@H]1O[C@H](CO)[C@@H](O)[C@H](O[C@@H]2O[C@H](CO[C@@H]3O[C@H](COC(=O)c4ccccc4)[C@@H](OC(=O)c4ccccc4)[C@H](OC(=O)c4ccccc4)[C@H]3OC(=O)c3ccccc3)[C@@H](OC(C)=O)[C@H](O[C@@H]3O[C@H](COC(=O)c4ccccc4)[C@@H](OC(=O)c4ccccc4)[C@H](OC(=O)c4ccccc4)[C@H]3OC(=O)c3ccccc3)[C@H]2OC(C)=O)[C@H]1OC(=O)c1ccccc1. The Morgan fingerprint density at radius 2 is 0.484 bits per heavy atom. The van der Waals surface area contributed by atoms with Gasteiger partial charge in [-0.25, -0.2) is 43.2 Å². The minimum Gasteiger partial charge on any atom is -0.459 e. The highest BCUT2D eigenvalue weighted by Crippen LogP contribution is 2.41. The van der Waals surface area contributed by atoms with E-state index in [1.165, 1.54) is 194 Å². The third-order valence-electron chi connectivity index (χ3n) is 20.0. The van der Waals surface area contributed by atoms with Gasteiger partial charge in [0, 0.05) is 21.0 Å². The van der Waals surface area contributed by atoms with Crippen LogP contribution >= 0.6 is 0 Å². The molecule has 2 N–H and O–H groups in total. The number of aliphatic hydroxyl groups excluding tert-OH is 2. The number of rotatable bonds is 31. The molecule has 9 aromatic carbocycles. The van der Waals surface area contributed by atoms with E-state index < -0.39 is 215 Å². The normalized spacial score (nSPS) is 25.8. The zero-order chi connectivity index (χ0) is 87.2. The van der Waals surface area contributed by atoms with E-state index in [4.69, 9.17) is 90.0 Å². The number of aliphatic hydroxyl groups is 2. The fraction of sp³-hybridized carbons (Fsp3) is 0.293. The van der Waals surface area contributed by atoms with Crippen molar-refractivity contribution in [3.05, 3.63) is 323 Å². The standard InChI is InChI=1S/C92H84O32/c1-53(94)110-69-67(52-109-90-77(121-87(104)62-45-27-11-28-46-62)73(118-84(101)59-39-21-8-22-40-59)70(116-82(99)57-35-17-6-18-36-57)65(113-90)50-107-80(97)55-31-13-4-14-32-55)115-91(123-72-68(96)64(49-93)112-89(106-3)76(72)120-86(103)61-43-25-10-26-44-61)78(111-54(2)95)75(69)124-92-79(122-88(105)63-47-29-12-30-48-63)74(119-85(102)60-41-23-9-24-42-60)71(117-83(100)58-37-19-7-20-38-58)66(114-92)51-108-81(98)56-33-15-5-16-34-56/h4-48,64-79,89-93,96H,49-52H2,1-3H3/t64-,65-,66-,67-,68-,69-,70-,71-,72+,73+,74+,75+,76-,77-,78-,79-,89+,90-,91+,92+/m1/s1. The zero-order valence-corrected chi connectivity index (χ0v) is 66.5. The van der Waals surface area contributed by atoms with Crippen LogP contribution in [0.15, 0.2) is 273 Å². The van der Waals surface area contributed by atoms with Crippen molar-refractivity contribution in [2.75, 3.05) is 33.5 Å². The number of hydrogen-bond donors (Lipinski definition) is 2. The molecule has 0 radical (unpaired) electrons. The number of carbonyl (C=O) groups excluding carboxylic acids is 11. The van der Waals surface area contributed by atoms with Crippen molar-refractivity contribution in [1.82, 2.24) is 0 Å². The molecule has 0 amide bonds. The van der Waals surface area contributed by atoms with Crippen LogP contribution in [0.1, 0.15) is 107 Å². The zero-order valence-electron chi connectivity index (χ0n) is 66.5. The predicted octanol–water partition coefficient (Wildman–Crippen LogP) is 8.83. The largest absolute Gasteiger partial charge is 0.459 e. The average Bonchev–Trinajstić information content (AvgIpc) is 0.748. The van der Waals surface area contributed by atoms with Crippen LogP contribution in [0, 0.1) is 0 Å². The Hall–Kier alpha value is -13.3. The quantitative estimate of drug-likeness (QED) is 0.0302. The van der Waals surface area contributed by atoms with Gasteiger partial charge in [0.2, 0.25) is 0 Å². The molecule has 0 saturated carbocycles. The maximum absolute atomic E-state index is 15.1. The molecule has 13 rings (SSSR count). The van der Waals surface area contributed by atoms with Gasteiger partial charge in [0.05, 0.1) is 63.3 Å². The van der Waals surface area contributed by atoms with Crippen LogP contribution in [0.3, 0.4) is 0 Å². The highest BCUT2D eigenvalue weighted by Gasteiger charge is 2.61. The maximum Gasteiger partial charge on any atom is 0.338 e. The Morgan fingerprint density at radius 1 is 0.258 bits per heavy atom. The van der Waals surface area contributed by atoms with E-state index in [0.29, 0.717) is 0 Å². The average molecular weight is 1700 g/mol. The first-order valence-electron chi connectivity index (χ1n) is 39.2. The lowest BCUT2D eigenvalue weighted by molar-refractivity contribution is -0.383. The second-order valence-corrected chi connectivity index (χ2v) is 28.3. The van der Waals surface area contributed by atoms with Crippen LogP contribution in [0.4, 0.5) is 0 Å². The van der Waals surface area contributed by atoms with Crippen LogP contribution in [0.25, 0.3) is 0 Å². The van der Waals surface area contributed by atoms with Crippen molar-refractivity contribution in [1.29, 1.82) is 0 Å². The van der Waals surface area contributed by atoms with Gasteiger partial charge in [0.15, 0.2) is 80.1 Å². The summed E-state index contributed by atoms with van der Waals surface area (Å²) in [6.07, 6.45) is -41.8. The Balaban J connectivity index is 0.986. The van der Waals surface area contributed by atoms with Crippen molar-refractivity contribution >= 4 is 65.7 Å². The molecule has 4 fully saturated rings. The van der Waals surface area contributed by atoms with Gasteiger partial charge in [-0.2, -0.15) is 0 Å². The monoisotopic (exact) mass is 1700 g/mol. The molecule has 4 aliphatic heterocycles. The third-order valence-corrected chi connectivity index (χ3v) is 20.0. The van der Waals surface area contributed by atoms with Crippen LogP contribution in [0.2, 0.25) is 0 Å². The molecule has 9 aromatic rings. The molecule has 0 bridgehead atoms. The summed E-state index contributed by atoms with van der Waals surface area (Å²) in [5.74, 6) is -12.1. The Morgan fingerprint density at radius 3 is 0.782 bits per heavy atom. The Bertz CT molecular complexity index is 5080. The number of carbonyl (C=O) groups is 11. The molecule has 0 aromatic heterocycles. The third kappa shape index (κ3) is 22.3. The molecule has 4 saturated heterocycles. The molecule has 644 valence electrons. The summed E-state index contributed by atoms with van der Waals surface area (Å²) < 4.78 is 122. The van der Waals surface area contributed by atoms with Crippen LogP contribution in [-0.2, 0) is 99.6 Å². The minimum absolute atomic E-state index is 0.00538. The van der Waals surface area contributed by atoms with E-state index in [0.717, 1.165) is 21.0 Å². The Kier molecular flexibility index (Phi) is 30.3. The van der Waals surface area contributed by atoms with Crippen LogP contribution in [0.5, 0.6) is 0 Å². The van der Waals surface area contributed by atoms with E-state index in [2.05, 4.69) is 0 Å². The molecule has 32 heteroatoms. The lowest BCUT2D eigenvalue weighted by Crippen LogP contribution is -2.69. The summed E-state index contributed by atoms with van der Waals surface area (Å²) in [7, 11) is 1.13. The number of ether oxygens (including phenoxy) is 19. The molecule has 124 heavy (non-hydrogen) atoms. The summed E-state index contributed by atoms with van der Waals surface area (Å²) in [5.41, 5.74) is -0.603. The smallest absolute Gasteiger partial charge is 0.338 e. The van der Waals surface area contributed by atoms with Crippen molar-refractivity contribution < 1.29 is 153 Å². The van der Waals surface area contributed by atoms with Crippen molar-refractivity contribution in [3.8, 4) is 0 Å². The summed E-state index contributed by atoms with van der Waals surface area (Å²) >= 11 is 0. The van der Waals surface area contributed by atoms with Crippen molar-refractivity contribution in [2.45, 2.75) is 137 Å². The summed E-state index contributed by atoms with van der Waals surface area (Å²) in [5, 5.41) is 23.5. The van der Waals surface area contributed by atoms with Gasteiger partial charge >= 0.3 is 65.7 Å². The van der Waals surface area contributed by atoms with Gasteiger partial charge in [0.25, 0.3) is 0 Å². The van der Waals surface area contributed by atoms with E-state index in [1.807, 2.05) is 0 Å². The minimum atomic E-state index is -2.40. The van der Waals surface area contributed by atoms with Gasteiger partial charge in [-0.1, -0.05) is 164 Å². The highest BCUT2D eigenvalue weighted by molar-refractivity contribution is 5.94. The number of hydrogen-bond acceptors (Lipinski definition) is 32.